The minimum atomic E-state index is 0.886. The molecule has 0 amide bonds. The van der Waals surface area contributed by atoms with E-state index in [1.807, 2.05) is 0 Å². The number of rotatable bonds is 17. The Hall–Kier alpha value is 0.730. The maximum Gasteiger partial charge on any atom is 0.0258 e. The summed E-state index contributed by atoms with van der Waals surface area (Å²) < 4.78 is 2.44. The molecule has 0 heterocycles. The minimum Gasteiger partial charge on any atom is -0.0812 e. The van der Waals surface area contributed by atoms with Gasteiger partial charge in [-0.25, -0.2) is 0 Å². The molecule has 1 radical (unpaired) electrons. The number of unbranched alkanes of at least 4 members (excludes halogenated alkanes) is 12. The molecule has 0 aromatic carbocycles. The van der Waals surface area contributed by atoms with Gasteiger partial charge in [-0.1, -0.05) is 126 Å². The highest BCUT2D eigenvalue weighted by atomic mass is 127. The molecule has 0 N–H and O–H groups in total. The van der Waals surface area contributed by atoms with E-state index >= 15 is 0 Å². The third-order valence-electron chi connectivity index (χ3n) is 4.54. The fourth-order valence-electron chi connectivity index (χ4n) is 3.00. The van der Waals surface area contributed by atoms with E-state index < -0.39 is 0 Å². The first-order valence-corrected chi connectivity index (χ1v) is 11.0. The van der Waals surface area contributed by atoms with Crippen molar-refractivity contribution >= 4 is 22.6 Å². The van der Waals surface area contributed by atoms with Gasteiger partial charge in [0.25, 0.3) is 0 Å². The summed E-state index contributed by atoms with van der Waals surface area (Å²) in [5, 5.41) is 0. The first-order valence-electron chi connectivity index (χ1n) is 9.78. The molecule has 0 aromatic heterocycles. The van der Waals surface area contributed by atoms with Crippen molar-refractivity contribution in [2.75, 3.05) is 0 Å². The molecule has 0 aliphatic heterocycles. The molecule has 0 saturated carbocycles. The van der Waals surface area contributed by atoms with Crippen LogP contribution in [0.15, 0.2) is 0 Å². The van der Waals surface area contributed by atoms with E-state index in [0.717, 1.165) is 5.92 Å². The fraction of sp³-hybridized carbons (Fsp3) is 0.950. The molecule has 0 saturated heterocycles. The summed E-state index contributed by atoms with van der Waals surface area (Å²) in [6.07, 6.45) is 23.1. The topological polar surface area (TPSA) is 0 Å². The van der Waals surface area contributed by atoms with Gasteiger partial charge in [0, 0.05) is 4.43 Å². The average molecular weight is 407 g/mol. The Morgan fingerprint density at radius 2 is 0.905 bits per heavy atom. The second kappa shape index (κ2) is 18.8. The molecule has 1 heteroatoms. The van der Waals surface area contributed by atoms with Crippen molar-refractivity contribution in [1.29, 1.82) is 0 Å². The lowest BCUT2D eigenvalue weighted by molar-refractivity contribution is 0.459. The lowest BCUT2D eigenvalue weighted by Crippen LogP contribution is -1.98. The Kier molecular flexibility index (Phi) is 19.4. The van der Waals surface area contributed by atoms with Crippen LogP contribution >= 0.6 is 22.6 Å². The van der Waals surface area contributed by atoms with Gasteiger partial charge in [0.1, 0.15) is 0 Å². The summed E-state index contributed by atoms with van der Waals surface area (Å²) in [6.45, 7) is 4.59. The van der Waals surface area contributed by atoms with Gasteiger partial charge in [-0.15, -0.1) is 0 Å². The summed E-state index contributed by atoms with van der Waals surface area (Å²) in [4.78, 5) is 0. The molecular weight excluding hydrogens is 367 g/mol. The zero-order chi connectivity index (χ0) is 15.6. The molecule has 0 aliphatic rings. The van der Waals surface area contributed by atoms with E-state index in [1.165, 1.54) is 103 Å². The SMILES string of the molecule is CCCCCCCCCCC([CH]I)CCCCCCCC. The number of hydrogen-bond donors (Lipinski definition) is 0. The third-order valence-corrected chi connectivity index (χ3v) is 5.55. The molecule has 0 nitrogen and oxygen atoms in total. The van der Waals surface area contributed by atoms with Crippen molar-refractivity contribution in [3.8, 4) is 0 Å². The zero-order valence-electron chi connectivity index (χ0n) is 14.8. The summed E-state index contributed by atoms with van der Waals surface area (Å²) in [5.41, 5.74) is 0. The predicted octanol–water partition coefficient (Wildman–Crippen LogP) is 8.48. The molecule has 0 rings (SSSR count). The Morgan fingerprint density at radius 1 is 0.571 bits per heavy atom. The van der Waals surface area contributed by atoms with Crippen LogP contribution in [0.2, 0.25) is 0 Å². The smallest absolute Gasteiger partial charge is 0.0258 e. The standard InChI is InChI=1S/C20H40I/c1-3-5-7-9-11-12-14-16-18-20(19-21)17-15-13-10-8-6-4-2/h19-20H,3-18H2,1-2H3. The second-order valence-electron chi connectivity index (χ2n) is 6.71. The predicted molar refractivity (Wildman–Crippen MR) is 107 cm³/mol. The van der Waals surface area contributed by atoms with Gasteiger partial charge in [0.05, 0.1) is 0 Å². The maximum atomic E-state index is 2.48. The molecule has 0 aromatic rings. The van der Waals surface area contributed by atoms with Gasteiger partial charge in [-0.2, -0.15) is 0 Å². The summed E-state index contributed by atoms with van der Waals surface area (Å²) in [7, 11) is 0. The van der Waals surface area contributed by atoms with Crippen molar-refractivity contribution in [2.24, 2.45) is 5.92 Å². The van der Waals surface area contributed by atoms with Crippen molar-refractivity contribution in [1.82, 2.24) is 0 Å². The van der Waals surface area contributed by atoms with Crippen LogP contribution in [-0.4, -0.2) is 0 Å². The van der Waals surface area contributed by atoms with Gasteiger partial charge < -0.3 is 0 Å². The molecule has 21 heavy (non-hydrogen) atoms. The van der Waals surface area contributed by atoms with Crippen molar-refractivity contribution in [3.05, 3.63) is 4.43 Å². The Bertz CT molecular complexity index is 179. The Morgan fingerprint density at radius 3 is 1.24 bits per heavy atom. The lowest BCUT2D eigenvalue weighted by Gasteiger charge is -2.13. The number of halogens is 1. The average Bonchev–Trinajstić information content (AvgIpc) is 2.51. The van der Waals surface area contributed by atoms with Gasteiger partial charge >= 0.3 is 0 Å². The molecule has 0 fully saturated rings. The highest BCUT2D eigenvalue weighted by Gasteiger charge is 2.06. The van der Waals surface area contributed by atoms with Gasteiger partial charge in [0.2, 0.25) is 0 Å². The van der Waals surface area contributed by atoms with Crippen molar-refractivity contribution in [3.63, 3.8) is 0 Å². The molecule has 127 valence electrons. The van der Waals surface area contributed by atoms with E-state index in [-0.39, 0.29) is 0 Å². The highest BCUT2D eigenvalue weighted by Crippen LogP contribution is 2.23. The molecule has 1 unspecified atom stereocenters. The van der Waals surface area contributed by atoms with Crippen LogP contribution in [0, 0.1) is 10.3 Å². The summed E-state index contributed by atoms with van der Waals surface area (Å²) >= 11 is 2.48. The van der Waals surface area contributed by atoms with E-state index in [9.17, 15) is 0 Å². The highest BCUT2D eigenvalue weighted by molar-refractivity contribution is 14.1. The normalized spacial score (nSPS) is 12.7. The van der Waals surface area contributed by atoms with Crippen LogP contribution in [0.25, 0.3) is 0 Å². The Labute approximate surface area is 149 Å². The fourth-order valence-corrected chi connectivity index (χ4v) is 3.72. The molecule has 0 spiro atoms. The largest absolute Gasteiger partial charge is 0.0812 e. The minimum absolute atomic E-state index is 0.886. The molecule has 1 atom stereocenters. The zero-order valence-corrected chi connectivity index (χ0v) is 17.0. The van der Waals surface area contributed by atoms with Crippen LogP contribution in [-0.2, 0) is 0 Å². The first kappa shape index (κ1) is 21.7. The van der Waals surface area contributed by atoms with Crippen LogP contribution in [0.1, 0.15) is 117 Å². The molecule has 0 bridgehead atoms. The van der Waals surface area contributed by atoms with Gasteiger partial charge in [-0.05, 0) is 18.8 Å². The van der Waals surface area contributed by atoms with Crippen molar-refractivity contribution < 1.29 is 0 Å². The van der Waals surface area contributed by atoms with E-state index in [0.29, 0.717) is 0 Å². The number of hydrogen-bond acceptors (Lipinski definition) is 0. The first-order chi connectivity index (χ1) is 10.3. The van der Waals surface area contributed by atoms with Crippen LogP contribution < -0.4 is 0 Å². The Balaban J connectivity index is 3.28. The van der Waals surface area contributed by atoms with E-state index in [4.69, 9.17) is 0 Å². The van der Waals surface area contributed by atoms with Gasteiger partial charge in [-0.3, -0.25) is 0 Å². The quantitative estimate of drug-likeness (QED) is 0.167. The van der Waals surface area contributed by atoms with Crippen LogP contribution in [0.5, 0.6) is 0 Å². The second-order valence-corrected chi connectivity index (χ2v) is 7.43. The van der Waals surface area contributed by atoms with Crippen LogP contribution in [0.4, 0.5) is 0 Å². The van der Waals surface area contributed by atoms with Crippen LogP contribution in [0.3, 0.4) is 0 Å². The third kappa shape index (κ3) is 16.9. The molecule has 0 aliphatic carbocycles. The van der Waals surface area contributed by atoms with Crippen molar-refractivity contribution in [2.45, 2.75) is 117 Å². The summed E-state index contributed by atoms with van der Waals surface area (Å²) in [6, 6.07) is 0. The molecular formula is C20H40I. The lowest BCUT2D eigenvalue weighted by atomic mass is 9.96. The monoisotopic (exact) mass is 407 g/mol. The van der Waals surface area contributed by atoms with E-state index in [2.05, 4.69) is 40.9 Å². The maximum absolute atomic E-state index is 2.48. The van der Waals surface area contributed by atoms with E-state index in [1.54, 1.807) is 0 Å². The summed E-state index contributed by atoms with van der Waals surface area (Å²) in [5.74, 6) is 0.886. The van der Waals surface area contributed by atoms with Gasteiger partial charge in [0.15, 0.2) is 0 Å².